The van der Waals surface area contributed by atoms with Crippen molar-refractivity contribution >= 4 is 33.0 Å². The molecule has 28 heavy (non-hydrogen) atoms. The van der Waals surface area contributed by atoms with E-state index in [0.717, 1.165) is 5.52 Å². The van der Waals surface area contributed by atoms with Crippen LogP contribution in [0.25, 0.3) is 11.1 Å². The van der Waals surface area contributed by atoms with E-state index in [4.69, 9.17) is 18.6 Å². The molecular formula is C20H20BrNO6. The predicted molar refractivity (Wildman–Crippen MR) is 107 cm³/mol. The zero-order chi connectivity index (χ0) is 20.1. The van der Waals surface area contributed by atoms with Crippen molar-refractivity contribution in [2.45, 2.75) is 19.9 Å². The zero-order valence-corrected chi connectivity index (χ0v) is 17.2. The van der Waals surface area contributed by atoms with Crippen LogP contribution in [-0.2, 0) is 11.3 Å². The molecule has 0 aliphatic heterocycles. The number of ether oxygens (including phenoxy) is 3. The van der Waals surface area contributed by atoms with Crippen molar-refractivity contribution in [3.63, 3.8) is 0 Å². The van der Waals surface area contributed by atoms with Crippen molar-refractivity contribution in [2.24, 2.45) is 0 Å². The van der Waals surface area contributed by atoms with Crippen molar-refractivity contribution in [3.05, 3.63) is 57.0 Å². The van der Waals surface area contributed by atoms with E-state index in [-0.39, 0.29) is 6.61 Å². The van der Waals surface area contributed by atoms with Gasteiger partial charge in [0.1, 0.15) is 0 Å². The van der Waals surface area contributed by atoms with Crippen LogP contribution in [0.1, 0.15) is 23.7 Å². The molecule has 0 radical (unpaired) electrons. The maximum atomic E-state index is 12.3. The van der Waals surface area contributed by atoms with Gasteiger partial charge in [0, 0.05) is 6.54 Å². The predicted octanol–water partition coefficient (Wildman–Crippen LogP) is 4.01. The summed E-state index contributed by atoms with van der Waals surface area (Å²) in [5.41, 5.74) is 1.60. The molecule has 0 saturated heterocycles. The van der Waals surface area contributed by atoms with Crippen molar-refractivity contribution in [2.75, 3.05) is 20.3 Å². The first-order valence-corrected chi connectivity index (χ1v) is 9.60. The summed E-state index contributed by atoms with van der Waals surface area (Å²) in [4.78, 5) is 24.3. The molecule has 1 aromatic heterocycles. The summed E-state index contributed by atoms with van der Waals surface area (Å²) in [6, 6.07) is 10.4. The maximum absolute atomic E-state index is 12.3. The van der Waals surface area contributed by atoms with Gasteiger partial charge in [0.15, 0.2) is 17.1 Å². The van der Waals surface area contributed by atoms with Gasteiger partial charge in [-0.1, -0.05) is 12.1 Å². The number of nitrogens with zero attached hydrogens (tertiary/aromatic N) is 1. The van der Waals surface area contributed by atoms with E-state index in [1.807, 2.05) is 19.1 Å². The molecule has 0 atom stereocenters. The summed E-state index contributed by atoms with van der Waals surface area (Å²) < 4.78 is 23.5. The number of carbonyl (C=O) groups is 1. The second kappa shape index (κ2) is 8.97. The largest absolute Gasteiger partial charge is 0.493 e. The van der Waals surface area contributed by atoms with Crippen LogP contribution < -0.4 is 15.2 Å². The summed E-state index contributed by atoms with van der Waals surface area (Å²) in [6.45, 7) is 2.89. The highest BCUT2D eigenvalue weighted by atomic mass is 79.9. The van der Waals surface area contributed by atoms with Crippen LogP contribution in [0.2, 0.25) is 0 Å². The summed E-state index contributed by atoms with van der Waals surface area (Å²) in [5.74, 6) is 0.0755. The first-order chi connectivity index (χ1) is 13.5. The Morgan fingerprint density at radius 3 is 2.79 bits per heavy atom. The van der Waals surface area contributed by atoms with Crippen molar-refractivity contribution < 1.29 is 23.4 Å². The summed E-state index contributed by atoms with van der Waals surface area (Å²) in [5, 5.41) is 0. The van der Waals surface area contributed by atoms with E-state index in [0.29, 0.717) is 46.7 Å². The number of hydrogen-bond donors (Lipinski definition) is 0. The Morgan fingerprint density at radius 1 is 1.25 bits per heavy atom. The minimum absolute atomic E-state index is 0.165. The number of benzene rings is 2. The molecule has 0 unspecified atom stereocenters. The molecule has 3 rings (SSSR count). The van der Waals surface area contributed by atoms with Crippen molar-refractivity contribution in [1.82, 2.24) is 4.57 Å². The summed E-state index contributed by atoms with van der Waals surface area (Å²) in [6.07, 6.45) is 0.477. The minimum atomic E-state index is -0.480. The Hall–Kier alpha value is -2.74. The van der Waals surface area contributed by atoms with Gasteiger partial charge in [-0.3, -0.25) is 4.57 Å². The molecule has 8 heteroatoms. The lowest BCUT2D eigenvalue weighted by molar-refractivity contribution is 0.0495. The van der Waals surface area contributed by atoms with Crippen LogP contribution in [0, 0.1) is 0 Å². The second-order valence-corrected chi connectivity index (χ2v) is 6.75. The Morgan fingerprint density at radius 2 is 2.04 bits per heavy atom. The fourth-order valence-electron chi connectivity index (χ4n) is 2.82. The van der Waals surface area contributed by atoms with E-state index in [9.17, 15) is 9.59 Å². The van der Waals surface area contributed by atoms with Gasteiger partial charge in [-0.2, -0.15) is 0 Å². The number of aryl methyl sites for hydroxylation is 1. The van der Waals surface area contributed by atoms with E-state index in [2.05, 4.69) is 15.9 Å². The smallest absolute Gasteiger partial charge is 0.419 e. The summed E-state index contributed by atoms with van der Waals surface area (Å²) >= 11 is 3.39. The third kappa shape index (κ3) is 4.22. The number of esters is 1. The van der Waals surface area contributed by atoms with Gasteiger partial charge in [0.05, 0.1) is 35.9 Å². The molecule has 1 heterocycles. The normalized spacial score (nSPS) is 10.8. The van der Waals surface area contributed by atoms with E-state index >= 15 is 0 Å². The lowest BCUT2D eigenvalue weighted by atomic mass is 10.2. The summed E-state index contributed by atoms with van der Waals surface area (Å²) in [7, 11) is 1.51. The Labute approximate surface area is 169 Å². The molecule has 0 aliphatic rings. The topological polar surface area (TPSA) is 79.9 Å². The first-order valence-electron chi connectivity index (χ1n) is 8.81. The number of para-hydroxylation sites is 2. The van der Waals surface area contributed by atoms with E-state index in [1.54, 1.807) is 24.3 Å². The molecule has 0 fully saturated rings. The third-order valence-electron chi connectivity index (χ3n) is 4.09. The van der Waals surface area contributed by atoms with Gasteiger partial charge >= 0.3 is 11.7 Å². The molecule has 3 aromatic rings. The Kier molecular flexibility index (Phi) is 6.41. The molecule has 0 spiro atoms. The van der Waals surface area contributed by atoms with Gasteiger partial charge in [0.2, 0.25) is 0 Å². The SMILES string of the molecule is CCOc1c(Br)cc(C(=O)OCCCn2c(=O)oc3ccccc32)cc1OC. The highest BCUT2D eigenvalue weighted by molar-refractivity contribution is 9.10. The molecule has 0 bridgehead atoms. The number of rotatable bonds is 8. The monoisotopic (exact) mass is 449 g/mol. The lowest BCUT2D eigenvalue weighted by Gasteiger charge is -2.13. The second-order valence-electron chi connectivity index (χ2n) is 5.90. The molecule has 148 valence electrons. The molecule has 0 N–H and O–H groups in total. The van der Waals surface area contributed by atoms with E-state index in [1.165, 1.54) is 11.7 Å². The molecule has 0 aliphatic carbocycles. The highest BCUT2D eigenvalue weighted by Gasteiger charge is 2.16. The van der Waals surface area contributed by atoms with Crippen LogP contribution in [0.4, 0.5) is 0 Å². The zero-order valence-electron chi connectivity index (χ0n) is 15.6. The van der Waals surface area contributed by atoms with Crippen LogP contribution in [0.15, 0.2) is 50.1 Å². The van der Waals surface area contributed by atoms with Crippen LogP contribution in [-0.4, -0.2) is 30.9 Å². The van der Waals surface area contributed by atoms with Crippen molar-refractivity contribution in [3.8, 4) is 11.5 Å². The fraction of sp³-hybridized carbons (Fsp3) is 0.300. The molecule has 0 amide bonds. The molecular weight excluding hydrogens is 430 g/mol. The number of oxazole rings is 1. The van der Waals surface area contributed by atoms with Crippen molar-refractivity contribution in [1.29, 1.82) is 0 Å². The standard InChI is InChI=1S/C20H20BrNO6/c1-3-26-18-14(21)11-13(12-17(18)25-2)19(23)27-10-6-9-22-15-7-4-5-8-16(15)28-20(22)24/h4-5,7-8,11-12H,3,6,9-10H2,1-2H3. The Balaban J connectivity index is 1.62. The van der Waals surface area contributed by atoms with Gasteiger partial charge in [0.25, 0.3) is 0 Å². The van der Waals surface area contributed by atoms with E-state index < -0.39 is 11.7 Å². The van der Waals surface area contributed by atoms with Crippen LogP contribution in [0.5, 0.6) is 11.5 Å². The average Bonchev–Trinajstić information content (AvgIpc) is 3.01. The number of aromatic nitrogens is 1. The van der Waals surface area contributed by atoms with Gasteiger partial charge in [-0.05, 0) is 53.5 Å². The molecule has 2 aromatic carbocycles. The quantitative estimate of drug-likeness (QED) is 0.381. The fourth-order valence-corrected chi connectivity index (χ4v) is 3.38. The highest BCUT2D eigenvalue weighted by Crippen LogP contribution is 2.36. The third-order valence-corrected chi connectivity index (χ3v) is 4.68. The number of fused-ring (bicyclic) bond motifs is 1. The number of halogens is 1. The number of methoxy groups -OCH3 is 1. The maximum Gasteiger partial charge on any atom is 0.419 e. The van der Waals surface area contributed by atoms with Gasteiger partial charge in [-0.15, -0.1) is 0 Å². The van der Waals surface area contributed by atoms with Gasteiger partial charge in [-0.25, -0.2) is 9.59 Å². The molecule has 0 saturated carbocycles. The molecule has 7 nitrogen and oxygen atoms in total. The number of carbonyl (C=O) groups excluding carboxylic acids is 1. The van der Waals surface area contributed by atoms with Crippen LogP contribution in [0.3, 0.4) is 0 Å². The Bertz CT molecular complexity index is 1040. The average molecular weight is 450 g/mol. The van der Waals surface area contributed by atoms with Gasteiger partial charge < -0.3 is 18.6 Å². The van der Waals surface area contributed by atoms with Crippen LogP contribution >= 0.6 is 15.9 Å². The number of hydrogen-bond acceptors (Lipinski definition) is 6. The lowest BCUT2D eigenvalue weighted by Crippen LogP contribution is -2.16. The first kappa shape index (κ1) is 20.0. The minimum Gasteiger partial charge on any atom is -0.493 e.